The lowest BCUT2D eigenvalue weighted by molar-refractivity contribution is -0.124. The van der Waals surface area contributed by atoms with Crippen molar-refractivity contribution in [3.63, 3.8) is 0 Å². The normalized spacial score (nSPS) is 22.6. The molecule has 1 saturated carbocycles. The van der Waals surface area contributed by atoms with Crippen LogP contribution in [0.15, 0.2) is 48.9 Å². The van der Waals surface area contributed by atoms with Gasteiger partial charge in [0.25, 0.3) is 5.91 Å². The number of carbonyl (C=O) groups excluding carboxylic acids is 3. The van der Waals surface area contributed by atoms with Gasteiger partial charge in [-0.05, 0) is 75.6 Å². The molecule has 2 heterocycles. The summed E-state index contributed by atoms with van der Waals surface area (Å²) in [6, 6.07) is 8.65. The van der Waals surface area contributed by atoms with Crippen LogP contribution < -0.4 is 16.0 Å². The fourth-order valence-electron chi connectivity index (χ4n) is 6.52. The smallest absolute Gasteiger partial charge is 0.410 e. The van der Waals surface area contributed by atoms with Gasteiger partial charge in [0.05, 0.1) is 11.6 Å². The number of benzene rings is 1. The Hall–Kier alpha value is -3.10. The summed E-state index contributed by atoms with van der Waals surface area (Å²) in [4.78, 5) is 59.7. The maximum Gasteiger partial charge on any atom is 0.484 e. The first-order chi connectivity index (χ1) is 25.0. The van der Waals surface area contributed by atoms with E-state index in [0.29, 0.717) is 32.6 Å². The zero-order valence-electron chi connectivity index (χ0n) is 30.1. The fraction of sp³-hybridized carbons (Fsp3) is 0.618. The number of aromatic nitrogens is 2. The van der Waals surface area contributed by atoms with E-state index < -0.39 is 52.0 Å². The molecule has 1 saturated heterocycles. The first-order valence-electron chi connectivity index (χ1n) is 17.9. The molecule has 0 radical (unpaired) electrons. The van der Waals surface area contributed by atoms with Crippen LogP contribution >= 0.6 is 16.1 Å². The van der Waals surface area contributed by atoms with E-state index in [1.54, 1.807) is 0 Å². The molecule has 2 fully saturated rings. The largest absolute Gasteiger partial charge is 0.484 e. The van der Waals surface area contributed by atoms with Gasteiger partial charge in [-0.2, -0.15) is 0 Å². The SMILES string of the molecule is COP(=O)(O)C(NC(=O)CCCN1CCCCOB(C2(NC(=O)C(Cc3ccccc3)NC(=O)c3cnccn3)CC2C(C)C)OCCCC1)P=O. The van der Waals surface area contributed by atoms with Crippen LogP contribution in [-0.2, 0) is 39.0 Å². The predicted molar refractivity (Wildman–Crippen MR) is 195 cm³/mol. The summed E-state index contributed by atoms with van der Waals surface area (Å²) in [5.41, 5.74) is -1.22. The standard InChI is InChI=1S/C34H51BN6O9P2/c1-25(2)27-23-34(27,40-32(44)28(22-26-12-5-4-6-13-26)38-31(43)29-24-36-15-16-37-29)35-49-20-9-7-17-41(18-8-10-21-50-35)19-11-14-30(42)39-33(51-45)52(46,47)48-3/h4-6,12-13,15-16,24-25,27-28,33H,7-11,14,17-23H2,1-3H3,(H,38,43)(H,39,42)(H,40,44)(H,46,47). The zero-order valence-corrected chi connectivity index (χ0v) is 31.9. The molecular formula is C34H51BN6O9P2. The highest BCUT2D eigenvalue weighted by molar-refractivity contribution is 7.62. The third kappa shape index (κ3) is 12.2. The number of hydrogen-bond donors (Lipinski definition) is 4. The summed E-state index contributed by atoms with van der Waals surface area (Å²) in [5, 5.41) is 8.49. The second kappa shape index (κ2) is 20.4. The van der Waals surface area contributed by atoms with Crippen molar-refractivity contribution in [2.45, 2.75) is 82.2 Å². The Balaban J connectivity index is 1.35. The quantitative estimate of drug-likeness (QED) is 0.144. The molecule has 1 aliphatic carbocycles. The predicted octanol–water partition coefficient (Wildman–Crippen LogP) is 3.59. The molecule has 52 heavy (non-hydrogen) atoms. The van der Waals surface area contributed by atoms with Crippen molar-refractivity contribution in [1.82, 2.24) is 30.8 Å². The van der Waals surface area contributed by atoms with Gasteiger partial charge in [-0.3, -0.25) is 28.5 Å². The molecule has 1 aromatic heterocycles. The Bertz CT molecular complexity index is 1500. The maximum atomic E-state index is 14.1. The van der Waals surface area contributed by atoms with Crippen LogP contribution in [0.25, 0.3) is 0 Å². The molecule has 1 aliphatic heterocycles. The molecule has 3 amide bonds. The van der Waals surface area contributed by atoms with Gasteiger partial charge in [0.1, 0.15) is 11.7 Å². The van der Waals surface area contributed by atoms with Crippen molar-refractivity contribution >= 4 is 40.9 Å². The minimum atomic E-state index is -4.21. The lowest BCUT2D eigenvalue weighted by Crippen LogP contribution is -2.59. The first kappa shape index (κ1) is 41.7. The summed E-state index contributed by atoms with van der Waals surface area (Å²) in [7, 11) is -4.54. The molecule has 0 spiro atoms. The second-order valence-corrected chi connectivity index (χ2v) is 16.8. The molecule has 5 atom stereocenters. The monoisotopic (exact) mass is 760 g/mol. The average Bonchev–Trinajstić information content (AvgIpc) is 3.87. The summed E-state index contributed by atoms with van der Waals surface area (Å²) in [6.45, 7) is 7.36. The van der Waals surface area contributed by atoms with Crippen LogP contribution in [0, 0.1) is 11.8 Å². The van der Waals surface area contributed by atoms with Crippen molar-refractivity contribution in [2.24, 2.45) is 11.8 Å². The molecule has 284 valence electrons. The number of carbonyl (C=O) groups is 3. The number of nitrogens with zero attached hydrogens (tertiary/aromatic N) is 3. The Kier molecular flexibility index (Phi) is 16.3. The van der Waals surface area contributed by atoms with E-state index in [1.807, 2.05) is 30.3 Å². The highest BCUT2D eigenvalue weighted by Crippen LogP contribution is 2.51. The fourth-order valence-corrected chi connectivity index (χ4v) is 7.98. The van der Waals surface area contributed by atoms with E-state index in [0.717, 1.165) is 51.4 Å². The average molecular weight is 761 g/mol. The van der Waals surface area contributed by atoms with Gasteiger partial charge >= 0.3 is 14.7 Å². The van der Waals surface area contributed by atoms with Crippen molar-refractivity contribution in [3.05, 3.63) is 60.2 Å². The number of rotatable bonds is 16. The van der Waals surface area contributed by atoms with E-state index >= 15 is 0 Å². The van der Waals surface area contributed by atoms with Crippen molar-refractivity contribution in [2.75, 3.05) is 40.0 Å². The topological polar surface area (TPSA) is 198 Å². The molecule has 18 heteroatoms. The van der Waals surface area contributed by atoms with Gasteiger partial charge in [0.2, 0.25) is 17.3 Å². The van der Waals surface area contributed by atoms with Gasteiger partial charge in [-0.15, -0.1) is 0 Å². The van der Waals surface area contributed by atoms with E-state index in [9.17, 15) is 28.4 Å². The van der Waals surface area contributed by atoms with Gasteiger partial charge < -0.3 is 39.6 Å². The van der Waals surface area contributed by atoms with Crippen LogP contribution in [0.5, 0.6) is 0 Å². The molecule has 2 aliphatic rings. The van der Waals surface area contributed by atoms with Crippen LogP contribution in [0.2, 0.25) is 0 Å². The van der Waals surface area contributed by atoms with Gasteiger partial charge in [-0.1, -0.05) is 44.2 Å². The maximum absolute atomic E-state index is 14.1. The molecule has 0 bridgehead atoms. The summed E-state index contributed by atoms with van der Waals surface area (Å²) < 4.78 is 40.6. The number of nitrogens with one attached hydrogen (secondary N) is 3. The minimum Gasteiger partial charge on any atom is -0.410 e. The Morgan fingerprint density at radius 2 is 1.79 bits per heavy atom. The Labute approximate surface area is 307 Å². The summed E-state index contributed by atoms with van der Waals surface area (Å²) >= 11 is 0. The lowest BCUT2D eigenvalue weighted by Gasteiger charge is -2.30. The van der Waals surface area contributed by atoms with Crippen molar-refractivity contribution in [3.8, 4) is 0 Å². The molecule has 4 rings (SSSR count). The molecule has 1 aromatic carbocycles. The van der Waals surface area contributed by atoms with Crippen molar-refractivity contribution < 1.29 is 42.2 Å². The number of amides is 3. The highest BCUT2D eigenvalue weighted by atomic mass is 31.2. The Morgan fingerprint density at radius 1 is 1.10 bits per heavy atom. The van der Waals surface area contributed by atoms with Crippen LogP contribution in [0.4, 0.5) is 0 Å². The molecular weight excluding hydrogens is 709 g/mol. The van der Waals surface area contributed by atoms with Crippen LogP contribution in [0.3, 0.4) is 0 Å². The Morgan fingerprint density at radius 3 is 2.37 bits per heavy atom. The molecule has 5 unspecified atom stereocenters. The summed E-state index contributed by atoms with van der Waals surface area (Å²) in [6.07, 6.45) is 9.09. The van der Waals surface area contributed by atoms with Gasteiger partial charge in [0, 0.05) is 45.6 Å². The number of hydrogen-bond acceptors (Lipinski definition) is 11. The van der Waals surface area contributed by atoms with E-state index in [4.69, 9.17) is 9.31 Å². The summed E-state index contributed by atoms with van der Waals surface area (Å²) in [5.74, 6) is -0.901. The molecule has 2 aromatic rings. The lowest BCUT2D eigenvalue weighted by atomic mass is 9.71. The molecule has 15 nitrogen and oxygen atoms in total. The van der Waals surface area contributed by atoms with Gasteiger partial charge in [-0.25, -0.2) is 4.98 Å². The van der Waals surface area contributed by atoms with E-state index in [-0.39, 0.29) is 36.3 Å². The van der Waals surface area contributed by atoms with E-state index in [1.165, 1.54) is 18.6 Å². The third-order valence-electron chi connectivity index (χ3n) is 9.46. The van der Waals surface area contributed by atoms with Crippen LogP contribution in [0.1, 0.15) is 74.8 Å². The van der Waals surface area contributed by atoms with Crippen molar-refractivity contribution in [1.29, 1.82) is 0 Å². The third-order valence-corrected chi connectivity index (χ3v) is 12.2. The minimum absolute atomic E-state index is 0.112. The van der Waals surface area contributed by atoms with Crippen LogP contribution in [-0.4, -0.2) is 102 Å². The van der Waals surface area contributed by atoms with Gasteiger partial charge in [0.15, 0.2) is 8.46 Å². The second-order valence-electron chi connectivity index (χ2n) is 13.6. The zero-order chi connectivity index (χ0) is 37.6. The molecule has 4 N–H and O–H groups in total. The highest BCUT2D eigenvalue weighted by Gasteiger charge is 2.66. The van der Waals surface area contributed by atoms with E-state index in [2.05, 4.69) is 49.2 Å². The first-order valence-corrected chi connectivity index (χ1v) is 20.4.